The fraction of sp³-hybridized carbons (Fsp3) is 0.478. The summed E-state index contributed by atoms with van der Waals surface area (Å²) >= 11 is 12.0. The van der Waals surface area contributed by atoms with Gasteiger partial charge in [0.15, 0.2) is 0 Å². The van der Waals surface area contributed by atoms with E-state index in [9.17, 15) is 8.42 Å². The predicted octanol–water partition coefficient (Wildman–Crippen LogP) is 6.25. The van der Waals surface area contributed by atoms with Gasteiger partial charge in [-0.05, 0) is 61.6 Å². The molecule has 2 fully saturated rings. The van der Waals surface area contributed by atoms with E-state index < -0.39 is 10.0 Å². The van der Waals surface area contributed by atoms with Gasteiger partial charge in [-0.25, -0.2) is 8.42 Å². The molecule has 0 bridgehead atoms. The van der Waals surface area contributed by atoms with E-state index in [1.54, 1.807) is 24.3 Å². The zero-order valence-electron chi connectivity index (χ0n) is 17.1. The minimum Gasteiger partial charge on any atom is -0.381 e. The van der Waals surface area contributed by atoms with Crippen molar-refractivity contribution in [2.75, 3.05) is 16.6 Å². The second-order valence-electron chi connectivity index (χ2n) is 8.80. The van der Waals surface area contributed by atoms with Gasteiger partial charge < -0.3 is 10.1 Å². The van der Waals surface area contributed by atoms with Crippen molar-refractivity contribution < 1.29 is 13.2 Å². The molecule has 31 heavy (non-hydrogen) atoms. The number of benzene rings is 2. The molecule has 5 nitrogen and oxygen atoms in total. The van der Waals surface area contributed by atoms with Crippen LogP contribution >= 0.6 is 23.2 Å². The lowest BCUT2D eigenvalue weighted by molar-refractivity contribution is 0.0730. The van der Waals surface area contributed by atoms with Crippen molar-refractivity contribution in [1.82, 2.24) is 0 Å². The lowest BCUT2D eigenvalue weighted by Crippen LogP contribution is -2.42. The molecule has 2 N–H and O–H groups in total. The summed E-state index contributed by atoms with van der Waals surface area (Å²) in [6.45, 7) is 0.720. The van der Waals surface area contributed by atoms with Crippen LogP contribution in [0, 0.1) is 11.8 Å². The number of rotatable bonds is 4. The van der Waals surface area contributed by atoms with E-state index >= 15 is 0 Å². The van der Waals surface area contributed by atoms with Gasteiger partial charge in [0.25, 0.3) is 10.0 Å². The largest absolute Gasteiger partial charge is 0.381 e. The summed E-state index contributed by atoms with van der Waals surface area (Å²) in [4.78, 5) is 0.212. The van der Waals surface area contributed by atoms with Crippen molar-refractivity contribution in [3.63, 3.8) is 0 Å². The molecule has 5 rings (SSSR count). The zero-order valence-corrected chi connectivity index (χ0v) is 19.4. The Morgan fingerprint density at radius 1 is 0.968 bits per heavy atom. The number of nitrogens with one attached hydrogen (secondary N) is 2. The molecule has 0 radical (unpaired) electrons. The topological polar surface area (TPSA) is 67.4 Å². The number of halogens is 2. The van der Waals surface area contributed by atoms with Crippen LogP contribution in [0.25, 0.3) is 0 Å². The Kier molecular flexibility index (Phi) is 5.84. The van der Waals surface area contributed by atoms with Crippen LogP contribution in [0.5, 0.6) is 0 Å². The van der Waals surface area contributed by atoms with Crippen LogP contribution in [-0.2, 0) is 14.8 Å². The fourth-order valence-corrected chi connectivity index (χ4v) is 6.77. The van der Waals surface area contributed by atoms with E-state index in [0.717, 1.165) is 24.3 Å². The van der Waals surface area contributed by atoms with Crippen LogP contribution in [0.2, 0.25) is 10.0 Å². The summed E-state index contributed by atoms with van der Waals surface area (Å²) < 4.78 is 34.8. The molecule has 3 atom stereocenters. The van der Waals surface area contributed by atoms with Crippen molar-refractivity contribution in [1.29, 1.82) is 0 Å². The van der Waals surface area contributed by atoms with E-state index in [2.05, 4.69) is 10.0 Å². The molecule has 2 aromatic carbocycles. The maximum absolute atomic E-state index is 13.0. The third kappa shape index (κ3) is 4.15. The molecule has 0 aromatic heterocycles. The highest BCUT2D eigenvalue weighted by atomic mass is 35.5. The first kappa shape index (κ1) is 21.4. The molecule has 8 heteroatoms. The molecule has 3 aliphatic rings. The summed E-state index contributed by atoms with van der Waals surface area (Å²) in [6, 6.07) is 10.4. The second kappa shape index (κ2) is 8.47. The molecule has 0 spiro atoms. The predicted molar refractivity (Wildman–Crippen MR) is 124 cm³/mol. The summed E-state index contributed by atoms with van der Waals surface area (Å²) in [5.74, 6) is 1.05. The van der Waals surface area contributed by atoms with Crippen LogP contribution in [-0.4, -0.2) is 21.1 Å². The SMILES string of the molecule is O=S(=O)(Nc1ccc(Cl)c(Cl)c1)c1ccc2c(c1)C1OCCC1C(C1CCCCC1)N2. The number of hydrogen-bond donors (Lipinski definition) is 2. The third-order valence-electron chi connectivity index (χ3n) is 6.89. The van der Waals surface area contributed by atoms with Gasteiger partial charge in [0.05, 0.1) is 26.7 Å². The number of anilines is 2. The average Bonchev–Trinajstić information content (AvgIpc) is 3.26. The van der Waals surface area contributed by atoms with Gasteiger partial charge in [-0.1, -0.05) is 42.5 Å². The summed E-state index contributed by atoms with van der Waals surface area (Å²) in [6.07, 6.45) is 7.40. The lowest BCUT2D eigenvalue weighted by atomic mass is 9.73. The highest BCUT2D eigenvalue weighted by Crippen LogP contribution is 2.48. The van der Waals surface area contributed by atoms with E-state index in [1.807, 2.05) is 6.07 Å². The molecule has 1 aliphatic carbocycles. The van der Waals surface area contributed by atoms with Gasteiger partial charge in [-0.15, -0.1) is 0 Å². The first-order chi connectivity index (χ1) is 14.9. The Labute approximate surface area is 193 Å². The number of ether oxygens (including phenoxy) is 1. The van der Waals surface area contributed by atoms with E-state index in [1.165, 1.54) is 38.2 Å². The lowest BCUT2D eigenvalue weighted by Gasteiger charge is -2.42. The van der Waals surface area contributed by atoms with Crippen LogP contribution in [0.1, 0.15) is 50.2 Å². The highest BCUT2D eigenvalue weighted by Gasteiger charge is 2.44. The van der Waals surface area contributed by atoms with E-state index in [0.29, 0.717) is 33.6 Å². The Morgan fingerprint density at radius 3 is 2.55 bits per heavy atom. The molecule has 166 valence electrons. The minimum atomic E-state index is -3.77. The van der Waals surface area contributed by atoms with Crippen LogP contribution < -0.4 is 10.0 Å². The Bertz CT molecular complexity index is 1090. The van der Waals surface area contributed by atoms with Gasteiger partial charge in [-0.2, -0.15) is 0 Å². The van der Waals surface area contributed by atoms with Crippen LogP contribution in [0.4, 0.5) is 11.4 Å². The summed E-state index contributed by atoms with van der Waals surface area (Å²) in [5.41, 5.74) is 2.30. The Hall–Kier alpha value is -1.47. The van der Waals surface area contributed by atoms with Crippen molar-refractivity contribution in [3.8, 4) is 0 Å². The molecule has 1 saturated carbocycles. The maximum atomic E-state index is 13.0. The first-order valence-corrected chi connectivity index (χ1v) is 13.2. The molecule has 2 aromatic rings. The molecule has 2 aliphatic heterocycles. The standard InChI is InChI=1S/C23H26Cl2N2O3S/c24-19-8-6-15(12-20(19)25)27-31(28,29)16-7-9-21-18(13-16)23-17(10-11-30-23)22(26-21)14-4-2-1-3-5-14/h6-9,12-14,17,22-23,26-27H,1-5,10-11H2. The van der Waals surface area contributed by atoms with Crippen LogP contribution in [0.3, 0.4) is 0 Å². The van der Waals surface area contributed by atoms with Crippen molar-refractivity contribution >= 4 is 44.6 Å². The van der Waals surface area contributed by atoms with Gasteiger partial charge in [0.2, 0.25) is 0 Å². The van der Waals surface area contributed by atoms with Crippen LogP contribution in [0.15, 0.2) is 41.3 Å². The normalized spacial score (nSPS) is 26.1. The van der Waals surface area contributed by atoms with E-state index in [-0.39, 0.29) is 11.0 Å². The van der Waals surface area contributed by atoms with Crippen molar-refractivity contribution in [2.24, 2.45) is 11.8 Å². The van der Waals surface area contributed by atoms with Crippen molar-refractivity contribution in [2.45, 2.75) is 55.6 Å². The summed E-state index contributed by atoms with van der Waals surface area (Å²) in [5, 5.41) is 4.43. The summed E-state index contributed by atoms with van der Waals surface area (Å²) in [7, 11) is -3.77. The van der Waals surface area contributed by atoms with Gasteiger partial charge in [0, 0.05) is 29.8 Å². The molecule has 3 unspecified atom stereocenters. The monoisotopic (exact) mass is 480 g/mol. The van der Waals surface area contributed by atoms with E-state index in [4.69, 9.17) is 27.9 Å². The zero-order chi connectivity index (χ0) is 21.6. The Morgan fingerprint density at radius 2 is 1.77 bits per heavy atom. The van der Waals surface area contributed by atoms with Gasteiger partial charge >= 0.3 is 0 Å². The number of fused-ring (bicyclic) bond motifs is 3. The molecular formula is C23H26Cl2N2O3S. The fourth-order valence-electron chi connectivity index (χ4n) is 5.39. The molecular weight excluding hydrogens is 455 g/mol. The van der Waals surface area contributed by atoms with Gasteiger partial charge in [-0.3, -0.25) is 4.72 Å². The molecule has 0 amide bonds. The molecule has 1 saturated heterocycles. The quantitative estimate of drug-likeness (QED) is 0.542. The smallest absolute Gasteiger partial charge is 0.261 e. The van der Waals surface area contributed by atoms with Gasteiger partial charge in [0.1, 0.15) is 0 Å². The average molecular weight is 481 g/mol. The minimum absolute atomic E-state index is 0.0525. The maximum Gasteiger partial charge on any atom is 0.261 e. The van der Waals surface area contributed by atoms with Crippen molar-refractivity contribution in [3.05, 3.63) is 52.0 Å². The Balaban J connectivity index is 1.43. The number of sulfonamides is 1. The number of hydrogen-bond acceptors (Lipinski definition) is 4. The highest BCUT2D eigenvalue weighted by molar-refractivity contribution is 7.92. The second-order valence-corrected chi connectivity index (χ2v) is 11.3. The third-order valence-corrected chi connectivity index (χ3v) is 9.01. The first-order valence-electron chi connectivity index (χ1n) is 10.9. The molecule has 2 heterocycles.